The second kappa shape index (κ2) is 13.8. The molecule has 55 heavy (non-hydrogen) atoms. The van der Waals surface area contributed by atoms with E-state index in [1.807, 2.05) is 42.5 Å². The molecule has 0 amide bonds. The van der Waals surface area contributed by atoms with Crippen LogP contribution in [0, 0.1) is 0 Å². The summed E-state index contributed by atoms with van der Waals surface area (Å²) in [6, 6.07) is 69.2. The molecule has 2 heterocycles. The van der Waals surface area contributed by atoms with Crippen molar-refractivity contribution in [2.75, 3.05) is 0 Å². The third-order valence-electron chi connectivity index (χ3n) is 10.2. The third-order valence-corrected chi connectivity index (χ3v) is 10.2. The fourth-order valence-electron chi connectivity index (χ4n) is 7.36. The van der Waals surface area contributed by atoms with Gasteiger partial charge in [0.1, 0.15) is 11.2 Å². The van der Waals surface area contributed by atoms with Gasteiger partial charge < -0.3 is 4.42 Å². The van der Waals surface area contributed by atoms with Gasteiger partial charge >= 0.3 is 0 Å². The Kier molecular flexibility index (Phi) is 8.12. The van der Waals surface area contributed by atoms with E-state index < -0.39 is 0 Å². The molecule has 0 N–H and O–H groups in total. The summed E-state index contributed by atoms with van der Waals surface area (Å²) in [4.78, 5) is 14.9. The molecule has 0 aliphatic carbocycles. The molecule has 0 aliphatic heterocycles. The topological polar surface area (TPSA) is 51.8 Å². The minimum Gasteiger partial charge on any atom is -0.455 e. The highest BCUT2D eigenvalue weighted by molar-refractivity contribution is 6.13. The van der Waals surface area contributed by atoms with E-state index in [0.29, 0.717) is 17.5 Å². The number of fused-ring (bicyclic) bond motifs is 3. The summed E-state index contributed by atoms with van der Waals surface area (Å²) < 4.78 is 6.82. The Morgan fingerprint density at radius 3 is 1.13 bits per heavy atom. The van der Waals surface area contributed by atoms with Crippen molar-refractivity contribution < 1.29 is 4.42 Å². The Bertz CT molecular complexity index is 2940. The average molecular weight is 704 g/mol. The molecule has 0 saturated heterocycles. The van der Waals surface area contributed by atoms with Crippen molar-refractivity contribution in [1.82, 2.24) is 15.0 Å². The molecule has 0 atom stereocenters. The van der Waals surface area contributed by atoms with E-state index in [1.54, 1.807) is 0 Å². The Balaban J connectivity index is 1.02. The Morgan fingerprint density at radius 1 is 0.255 bits per heavy atom. The predicted molar refractivity (Wildman–Crippen MR) is 225 cm³/mol. The highest BCUT2D eigenvalue weighted by atomic mass is 16.3. The molecule has 0 saturated carbocycles. The molecule has 10 aromatic rings. The van der Waals surface area contributed by atoms with Crippen molar-refractivity contribution in [2.45, 2.75) is 0 Å². The van der Waals surface area contributed by atoms with E-state index in [4.69, 9.17) is 19.4 Å². The largest absolute Gasteiger partial charge is 0.455 e. The van der Waals surface area contributed by atoms with Crippen LogP contribution in [0.25, 0.3) is 101 Å². The van der Waals surface area contributed by atoms with Crippen LogP contribution in [-0.4, -0.2) is 15.0 Å². The molecular formula is C51H33N3O. The molecule has 0 aliphatic rings. The molecule has 0 spiro atoms. The highest BCUT2D eigenvalue weighted by Crippen LogP contribution is 2.41. The molecule has 0 bridgehead atoms. The lowest BCUT2D eigenvalue weighted by molar-refractivity contribution is 0.671. The first-order valence-corrected chi connectivity index (χ1v) is 18.4. The number of hydrogen-bond donors (Lipinski definition) is 0. The van der Waals surface area contributed by atoms with Gasteiger partial charge in [0.05, 0.1) is 0 Å². The molecule has 258 valence electrons. The molecule has 4 heteroatoms. The zero-order chi connectivity index (χ0) is 36.6. The van der Waals surface area contributed by atoms with E-state index >= 15 is 0 Å². The SMILES string of the molecule is c1ccc(-c2ccc(-c3nc(-c4ccccc4)nc(-c4ccc(-c5cccc6c5oc5c(-c7cccc(-c8ccccc8)c7)cccc56)cc4)n3)cc2)cc1. The highest BCUT2D eigenvalue weighted by Gasteiger charge is 2.17. The smallest absolute Gasteiger partial charge is 0.164 e. The van der Waals surface area contributed by atoms with Crippen molar-refractivity contribution in [3.8, 4) is 78.7 Å². The standard InChI is InChI=1S/C51H33N3O/c1-4-13-34(14-5-1)36-25-29-39(30-26-36)50-52-49(38-17-8-3-9-18-38)53-51(54-50)40-31-27-37(28-32-40)43-21-11-23-45-46-24-12-22-44(48(46)55-47(43)45)42-20-10-19-41(33-42)35-15-6-2-7-16-35/h1-33H. The van der Waals surface area contributed by atoms with Crippen LogP contribution in [0.15, 0.2) is 205 Å². The first kappa shape index (κ1) is 32.2. The van der Waals surface area contributed by atoms with Crippen molar-refractivity contribution in [3.05, 3.63) is 200 Å². The maximum absolute atomic E-state index is 6.82. The fourth-order valence-corrected chi connectivity index (χ4v) is 7.36. The summed E-state index contributed by atoms with van der Waals surface area (Å²) >= 11 is 0. The van der Waals surface area contributed by atoms with Gasteiger partial charge in [-0.25, -0.2) is 15.0 Å². The van der Waals surface area contributed by atoms with E-state index in [9.17, 15) is 0 Å². The van der Waals surface area contributed by atoms with Crippen LogP contribution in [0.2, 0.25) is 0 Å². The van der Waals surface area contributed by atoms with Gasteiger partial charge in [0.2, 0.25) is 0 Å². The second-order valence-electron chi connectivity index (χ2n) is 13.6. The van der Waals surface area contributed by atoms with Crippen molar-refractivity contribution >= 4 is 21.9 Å². The van der Waals surface area contributed by atoms with Crippen molar-refractivity contribution in [1.29, 1.82) is 0 Å². The molecule has 0 fully saturated rings. The number of nitrogens with zero attached hydrogens (tertiary/aromatic N) is 3. The minimum atomic E-state index is 0.617. The summed E-state index contributed by atoms with van der Waals surface area (Å²) in [6.07, 6.45) is 0. The summed E-state index contributed by atoms with van der Waals surface area (Å²) in [5.41, 5.74) is 13.5. The maximum atomic E-state index is 6.82. The van der Waals surface area contributed by atoms with Gasteiger partial charge in [-0.3, -0.25) is 0 Å². The van der Waals surface area contributed by atoms with E-state index in [0.717, 1.165) is 66.4 Å². The number of aromatic nitrogens is 3. The monoisotopic (exact) mass is 703 g/mol. The summed E-state index contributed by atoms with van der Waals surface area (Å²) in [5, 5.41) is 2.18. The van der Waals surface area contributed by atoms with Crippen LogP contribution < -0.4 is 0 Å². The number of furan rings is 1. The molecule has 8 aromatic carbocycles. The van der Waals surface area contributed by atoms with Gasteiger partial charge in [-0.05, 0) is 39.4 Å². The number of rotatable bonds is 7. The van der Waals surface area contributed by atoms with Crippen LogP contribution in [-0.2, 0) is 0 Å². The first-order chi connectivity index (χ1) is 27.2. The van der Waals surface area contributed by atoms with Gasteiger partial charge in [-0.1, -0.05) is 194 Å². The molecular weight excluding hydrogens is 671 g/mol. The van der Waals surface area contributed by atoms with Crippen LogP contribution in [0.3, 0.4) is 0 Å². The normalized spacial score (nSPS) is 11.3. The lowest BCUT2D eigenvalue weighted by Gasteiger charge is -2.10. The Labute approximate surface area is 319 Å². The van der Waals surface area contributed by atoms with Gasteiger partial charge in [0.25, 0.3) is 0 Å². The van der Waals surface area contributed by atoms with Crippen molar-refractivity contribution in [2.24, 2.45) is 0 Å². The van der Waals surface area contributed by atoms with E-state index in [1.165, 1.54) is 16.7 Å². The zero-order valence-corrected chi connectivity index (χ0v) is 29.8. The summed E-state index contributed by atoms with van der Waals surface area (Å²) in [7, 11) is 0. The molecule has 4 nitrogen and oxygen atoms in total. The summed E-state index contributed by atoms with van der Waals surface area (Å²) in [6.45, 7) is 0. The van der Waals surface area contributed by atoms with Crippen molar-refractivity contribution in [3.63, 3.8) is 0 Å². The lowest BCUT2D eigenvalue weighted by atomic mass is 9.97. The zero-order valence-electron chi connectivity index (χ0n) is 29.8. The number of para-hydroxylation sites is 2. The third kappa shape index (κ3) is 6.16. The van der Waals surface area contributed by atoms with Crippen LogP contribution >= 0.6 is 0 Å². The molecule has 0 radical (unpaired) electrons. The van der Waals surface area contributed by atoms with Crippen LogP contribution in [0.4, 0.5) is 0 Å². The summed E-state index contributed by atoms with van der Waals surface area (Å²) in [5.74, 6) is 1.88. The molecule has 0 unspecified atom stereocenters. The van der Waals surface area contributed by atoms with Gasteiger partial charge in [0.15, 0.2) is 17.5 Å². The van der Waals surface area contributed by atoms with E-state index in [2.05, 4.69) is 158 Å². The quantitative estimate of drug-likeness (QED) is 0.166. The van der Waals surface area contributed by atoms with E-state index in [-0.39, 0.29) is 0 Å². The Hall–Kier alpha value is -7.43. The lowest BCUT2D eigenvalue weighted by Crippen LogP contribution is -2.00. The number of hydrogen-bond acceptors (Lipinski definition) is 4. The predicted octanol–water partition coefficient (Wildman–Crippen LogP) is 13.4. The first-order valence-electron chi connectivity index (χ1n) is 18.4. The average Bonchev–Trinajstić information content (AvgIpc) is 3.67. The molecule has 2 aromatic heterocycles. The number of benzene rings is 8. The van der Waals surface area contributed by atoms with Gasteiger partial charge in [-0.2, -0.15) is 0 Å². The van der Waals surface area contributed by atoms with Crippen LogP contribution in [0.1, 0.15) is 0 Å². The fraction of sp³-hybridized carbons (Fsp3) is 0. The molecule has 10 rings (SSSR count). The van der Waals surface area contributed by atoms with Crippen LogP contribution in [0.5, 0.6) is 0 Å². The van der Waals surface area contributed by atoms with Gasteiger partial charge in [-0.15, -0.1) is 0 Å². The Morgan fingerprint density at radius 2 is 0.600 bits per heavy atom. The maximum Gasteiger partial charge on any atom is 0.164 e. The van der Waals surface area contributed by atoms with Gasteiger partial charge in [0, 0.05) is 38.6 Å². The minimum absolute atomic E-state index is 0.617. The second-order valence-corrected chi connectivity index (χ2v) is 13.6.